The van der Waals surface area contributed by atoms with Crippen LogP contribution in [-0.2, 0) is 0 Å². The predicted octanol–water partition coefficient (Wildman–Crippen LogP) is 14.7. The first kappa shape index (κ1) is 39.0. The van der Waals surface area contributed by atoms with Gasteiger partial charge in [-0.25, -0.2) is 0 Å². The van der Waals surface area contributed by atoms with Crippen LogP contribution >= 0.6 is 0 Å². The minimum atomic E-state index is 0.857. The molecule has 0 aromatic heterocycles. The van der Waals surface area contributed by atoms with Crippen LogP contribution in [0.15, 0.2) is 48.6 Å². The molecule has 0 saturated heterocycles. The fourth-order valence-corrected chi connectivity index (χ4v) is 5.60. The van der Waals surface area contributed by atoms with Gasteiger partial charge in [0.05, 0.1) is 0 Å². The van der Waals surface area contributed by atoms with E-state index >= 15 is 0 Å². The summed E-state index contributed by atoms with van der Waals surface area (Å²) in [4.78, 5) is 0. The van der Waals surface area contributed by atoms with E-state index < -0.39 is 0 Å². The minimum absolute atomic E-state index is 0.857. The van der Waals surface area contributed by atoms with E-state index in [1.165, 1.54) is 154 Å². The maximum atomic E-state index is 2.45. The first-order chi connectivity index (χ1) is 19.7. The zero-order valence-corrected chi connectivity index (χ0v) is 28.2. The number of unbranched alkanes of at least 4 members (excludes halogenated alkanes) is 18. The molecule has 0 aliphatic carbocycles. The third kappa shape index (κ3) is 31.5. The van der Waals surface area contributed by atoms with Gasteiger partial charge in [-0.3, -0.25) is 0 Å². The topological polar surface area (TPSA) is 0 Å². The van der Waals surface area contributed by atoms with Crippen molar-refractivity contribution >= 4 is 0 Å². The summed E-state index contributed by atoms with van der Waals surface area (Å²) in [5, 5.41) is 0. The Bertz CT molecular complexity index is 527. The van der Waals surface area contributed by atoms with E-state index in [2.05, 4.69) is 76.3 Å². The molecule has 0 amide bonds. The molecule has 0 fully saturated rings. The molecule has 234 valence electrons. The molecule has 0 radical (unpaired) electrons. The largest absolute Gasteiger partial charge is 0.0882 e. The van der Waals surface area contributed by atoms with Crippen LogP contribution in [0, 0.1) is 11.8 Å². The van der Waals surface area contributed by atoms with Crippen molar-refractivity contribution in [1.82, 2.24) is 0 Å². The van der Waals surface area contributed by atoms with Crippen LogP contribution in [0.25, 0.3) is 0 Å². The first-order valence-electron chi connectivity index (χ1n) is 18.3. The molecule has 0 aromatic carbocycles. The monoisotopic (exact) mass is 555 g/mol. The molecule has 0 rings (SSSR count). The molecule has 0 spiro atoms. The molecule has 40 heavy (non-hydrogen) atoms. The number of rotatable bonds is 31. The normalized spacial score (nSPS) is 12.7. The lowest BCUT2D eigenvalue weighted by Crippen LogP contribution is -2.08. The van der Waals surface area contributed by atoms with E-state index in [9.17, 15) is 0 Å². The highest BCUT2D eigenvalue weighted by Gasteiger charge is 2.12. The van der Waals surface area contributed by atoms with E-state index in [0.29, 0.717) is 0 Å². The summed E-state index contributed by atoms with van der Waals surface area (Å²) >= 11 is 0. The Kier molecular flexibility index (Phi) is 33.3. The van der Waals surface area contributed by atoms with Crippen LogP contribution in [0.1, 0.15) is 195 Å². The highest BCUT2D eigenvalue weighted by molar-refractivity contribution is 4.93. The van der Waals surface area contributed by atoms with Crippen molar-refractivity contribution in [3.05, 3.63) is 48.6 Å². The van der Waals surface area contributed by atoms with E-state index in [-0.39, 0.29) is 0 Å². The summed E-state index contributed by atoms with van der Waals surface area (Å²) in [5.41, 5.74) is 0. The van der Waals surface area contributed by atoms with Gasteiger partial charge in [-0.2, -0.15) is 0 Å². The highest BCUT2D eigenvalue weighted by Crippen LogP contribution is 2.25. The molecule has 0 bridgehead atoms. The Balaban J connectivity index is 3.53. The van der Waals surface area contributed by atoms with Gasteiger partial charge in [-0.15, -0.1) is 0 Å². The van der Waals surface area contributed by atoms with E-state index in [1.807, 2.05) is 0 Å². The summed E-state index contributed by atoms with van der Waals surface area (Å²) in [6.07, 6.45) is 54.4. The predicted molar refractivity (Wildman–Crippen MR) is 186 cm³/mol. The van der Waals surface area contributed by atoms with Crippen molar-refractivity contribution in [1.29, 1.82) is 0 Å². The summed E-state index contributed by atoms with van der Waals surface area (Å²) in [6.45, 7) is 9.46. The van der Waals surface area contributed by atoms with Crippen LogP contribution in [0.5, 0.6) is 0 Å². The van der Waals surface area contributed by atoms with Crippen molar-refractivity contribution in [3.8, 4) is 0 Å². The first-order valence-corrected chi connectivity index (χ1v) is 18.3. The standard InChI is InChI=1S/C40H74/c1-5-7-9-11-13-15-17-19-21-23-25-27-29-31-33-35-37-40(39(3)4)38-36-34-32-30-28-26-24-22-20-18-16-14-12-10-8-6-2/h13-16,19-22,39-40H,5-12,17-18,23-38H2,1-4H3/b15-13+,16-14+,21-19+,22-20+. The molecule has 0 nitrogen and oxygen atoms in total. The summed E-state index contributed by atoms with van der Waals surface area (Å²) in [7, 11) is 0. The molecule has 0 aliphatic heterocycles. The van der Waals surface area contributed by atoms with Crippen molar-refractivity contribution in [3.63, 3.8) is 0 Å². The van der Waals surface area contributed by atoms with Gasteiger partial charge in [0.2, 0.25) is 0 Å². The SMILES string of the molecule is CCCCC/C=C/C/C=C/CCCCCCCCC(CCCCCCCC/C=C/C/C=C/CCCCC)C(C)C. The van der Waals surface area contributed by atoms with Crippen molar-refractivity contribution in [2.24, 2.45) is 11.8 Å². The second kappa shape index (κ2) is 34.2. The second-order valence-corrected chi connectivity index (χ2v) is 12.8. The van der Waals surface area contributed by atoms with Gasteiger partial charge in [0.1, 0.15) is 0 Å². The number of hydrogen-bond acceptors (Lipinski definition) is 0. The molecule has 0 atom stereocenters. The van der Waals surface area contributed by atoms with Crippen LogP contribution in [-0.4, -0.2) is 0 Å². The van der Waals surface area contributed by atoms with Crippen molar-refractivity contribution < 1.29 is 0 Å². The maximum Gasteiger partial charge on any atom is -0.0169 e. The van der Waals surface area contributed by atoms with E-state index in [1.54, 1.807) is 0 Å². The van der Waals surface area contributed by atoms with Crippen molar-refractivity contribution in [2.45, 2.75) is 195 Å². The average molecular weight is 555 g/mol. The minimum Gasteiger partial charge on any atom is -0.0882 e. The molecule has 0 heteroatoms. The average Bonchev–Trinajstić information content (AvgIpc) is 2.95. The molecule has 0 unspecified atom stereocenters. The Morgan fingerprint density at radius 3 is 0.975 bits per heavy atom. The van der Waals surface area contributed by atoms with Gasteiger partial charge in [-0.05, 0) is 76.0 Å². The van der Waals surface area contributed by atoms with Crippen LogP contribution < -0.4 is 0 Å². The zero-order valence-electron chi connectivity index (χ0n) is 28.2. The lowest BCUT2D eigenvalue weighted by atomic mass is 9.85. The van der Waals surface area contributed by atoms with Gasteiger partial charge in [-0.1, -0.05) is 179 Å². The van der Waals surface area contributed by atoms with Crippen molar-refractivity contribution in [2.75, 3.05) is 0 Å². The maximum absolute atomic E-state index is 2.45. The molecule has 0 aliphatic rings. The van der Waals surface area contributed by atoms with Gasteiger partial charge in [0, 0.05) is 0 Å². The van der Waals surface area contributed by atoms with Crippen LogP contribution in [0.4, 0.5) is 0 Å². The highest BCUT2D eigenvalue weighted by atomic mass is 14.2. The summed E-state index contributed by atoms with van der Waals surface area (Å²) < 4.78 is 0. The fraction of sp³-hybridized carbons (Fsp3) is 0.800. The molecular weight excluding hydrogens is 480 g/mol. The Labute approximate surface area is 254 Å². The molecule has 0 saturated carbocycles. The Morgan fingerprint density at radius 1 is 0.350 bits per heavy atom. The zero-order chi connectivity index (χ0) is 29.2. The van der Waals surface area contributed by atoms with E-state index in [0.717, 1.165) is 24.7 Å². The summed E-state index contributed by atoms with van der Waals surface area (Å²) in [5.74, 6) is 1.81. The molecular formula is C40H74. The van der Waals surface area contributed by atoms with Gasteiger partial charge >= 0.3 is 0 Å². The summed E-state index contributed by atoms with van der Waals surface area (Å²) in [6, 6.07) is 0. The Morgan fingerprint density at radius 2 is 0.650 bits per heavy atom. The van der Waals surface area contributed by atoms with E-state index in [4.69, 9.17) is 0 Å². The molecule has 0 aromatic rings. The molecule has 0 heterocycles. The van der Waals surface area contributed by atoms with Crippen LogP contribution in [0.2, 0.25) is 0 Å². The molecule has 0 N–H and O–H groups in total. The lowest BCUT2D eigenvalue weighted by Gasteiger charge is -2.20. The van der Waals surface area contributed by atoms with Gasteiger partial charge in [0.15, 0.2) is 0 Å². The number of allylic oxidation sites excluding steroid dienone is 8. The third-order valence-electron chi connectivity index (χ3n) is 8.49. The van der Waals surface area contributed by atoms with Crippen LogP contribution in [0.3, 0.4) is 0 Å². The third-order valence-corrected chi connectivity index (χ3v) is 8.49. The quantitative estimate of drug-likeness (QED) is 0.0590. The number of hydrogen-bond donors (Lipinski definition) is 0. The fourth-order valence-electron chi connectivity index (χ4n) is 5.60. The smallest absolute Gasteiger partial charge is 0.0169 e. The second-order valence-electron chi connectivity index (χ2n) is 12.8. The lowest BCUT2D eigenvalue weighted by molar-refractivity contribution is 0.312. The van der Waals surface area contributed by atoms with Gasteiger partial charge in [0.25, 0.3) is 0 Å². The van der Waals surface area contributed by atoms with Gasteiger partial charge < -0.3 is 0 Å². The Hall–Kier alpha value is -1.04.